The number of halogens is 3. The number of benzene rings is 1. The van der Waals surface area contributed by atoms with Crippen molar-refractivity contribution in [3.63, 3.8) is 0 Å². The minimum absolute atomic E-state index is 0.0491. The number of hydrogen-bond donors (Lipinski definition) is 1. The van der Waals surface area contributed by atoms with Crippen LogP contribution in [0.2, 0.25) is 0 Å². The topological polar surface area (TPSA) is 46.3 Å². The molecule has 104 valence electrons. The van der Waals surface area contributed by atoms with Gasteiger partial charge in [-0.15, -0.1) is 0 Å². The molecule has 0 radical (unpaired) electrons. The van der Waals surface area contributed by atoms with Crippen LogP contribution in [0.25, 0.3) is 0 Å². The Morgan fingerprint density at radius 3 is 2.58 bits per heavy atom. The summed E-state index contributed by atoms with van der Waals surface area (Å²) < 4.78 is 37.7. The number of nitrogens with two attached hydrogens (primary N) is 1. The highest BCUT2D eigenvalue weighted by molar-refractivity contribution is 5.95. The summed E-state index contributed by atoms with van der Waals surface area (Å²) in [7, 11) is 0. The van der Waals surface area contributed by atoms with Crippen molar-refractivity contribution in [3.05, 3.63) is 35.4 Å². The van der Waals surface area contributed by atoms with Gasteiger partial charge in [0.05, 0.1) is 11.1 Å². The lowest BCUT2D eigenvalue weighted by atomic mass is 9.87. The second kappa shape index (κ2) is 4.52. The van der Waals surface area contributed by atoms with Crippen LogP contribution in [0.1, 0.15) is 29.3 Å². The number of likely N-dealkylation sites (tertiary alicyclic amines) is 1. The standard InChI is InChI=1S/C13H15F3N2O/c1-2-12(17)7-18(8-12)11(19)9-4-3-5-10(6-9)13(14,15)16/h3-6H,2,7-8,17H2,1H3. The smallest absolute Gasteiger partial charge is 0.335 e. The molecule has 0 aliphatic carbocycles. The first kappa shape index (κ1) is 13.9. The molecule has 1 aliphatic heterocycles. The molecule has 1 fully saturated rings. The predicted octanol–water partition coefficient (Wildman–Crippen LogP) is 2.27. The van der Waals surface area contributed by atoms with E-state index in [-0.39, 0.29) is 5.56 Å². The fourth-order valence-electron chi connectivity index (χ4n) is 2.09. The third-order valence-electron chi connectivity index (χ3n) is 3.44. The van der Waals surface area contributed by atoms with Crippen LogP contribution in [0.15, 0.2) is 24.3 Å². The molecule has 1 amide bonds. The summed E-state index contributed by atoms with van der Waals surface area (Å²) in [6.45, 7) is 2.70. The van der Waals surface area contributed by atoms with Gasteiger partial charge in [0, 0.05) is 18.7 Å². The van der Waals surface area contributed by atoms with E-state index < -0.39 is 23.2 Å². The van der Waals surface area contributed by atoms with Gasteiger partial charge < -0.3 is 10.6 Å². The van der Waals surface area contributed by atoms with Crippen LogP contribution in [-0.2, 0) is 6.18 Å². The van der Waals surface area contributed by atoms with Gasteiger partial charge in [-0.3, -0.25) is 4.79 Å². The molecular weight excluding hydrogens is 257 g/mol. The van der Waals surface area contributed by atoms with E-state index >= 15 is 0 Å². The van der Waals surface area contributed by atoms with Gasteiger partial charge in [-0.25, -0.2) is 0 Å². The van der Waals surface area contributed by atoms with E-state index in [1.54, 1.807) is 0 Å². The summed E-state index contributed by atoms with van der Waals surface area (Å²) in [5.74, 6) is -0.402. The van der Waals surface area contributed by atoms with Gasteiger partial charge in [0.1, 0.15) is 0 Å². The largest absolute Gasteiger partial charge is 0.416 e. The highest BCUT2D eigenvalue weighted by Gasteiger charge is 2.41. The van der Waals surface area contributed by atoms with E-state index in [2.05, 4.69) is 0 Å². The van der Waals surface area contributed by atoms with Crippen LogP contribution >= 0.6 is 0 Å². The molecule has 2 N–H and O–H groups in total. The van der Waals surface area contributed by atoms with Gasteiger partial charge in [-0.05, 0) is 24.6 Å². The minimum Gasteiger partial charge on any atom is -0.335 e. The van der Waals surface area contributed by atoms with Crippen molar-refractivity contribution in [1.29, 1.82) is 0 Å². The van der Waals surface area contributed by atoms with Gasteiger partial charge in [-0.1, -0.05) is 13.0 Å². The zero-order valence-electron chi connectivity index (χ0n) is 10.5. The maximum atomic E-state index is 12.6. The van der Waals surface area contributed by atoms with Gasteiger partial charge in [0.2, 0.25) is 0 Å². The molecule has 0 aromatic heterocycles. The Bertz CT molecular complexity index is 493. The van der Waals surface area contributed by atoms with Crippen molar-refractivity contribution < 1.29 is 18.0 Å². The lowest BCUT2D eigenvalue weighted by Gasteiger charge is -2.47. The van der Waals surface area contributed by atoms with E-state index in [0.717, 1.165) is 18.6 Å². The number of carbonyl (C=O) groups excluding carboxylic acids is 1. The molecule has 1 saturated heterocycles. The van der Waals surface area contributed by atoms with E-state index in [1.807, 2.05) is 6.92 Å². The Hall–Kier alpha value is -1.56. The van der Waals surface area contributed by atoms with Gasteiger partial charge in [0.25, 0.3) is 5.91 Å². The number of hydrogen-bond acceptors (Lipinski definition) is 2. The van der Waals surface area contributed by atoms with E-state index in [1.165, 1.54) is 17.0 Å². The molecule has 1 aromatic rings. The number of rotatable bonds is 2. The highest BCUT2D eigenvalue weighted by atomic mass is 19.4. The molecular formula is C13H15F3N2O. The molecule has 1 heterocycles. The van der Waals surface area contributed by atoms with Crippen LogP contribution < -0.4 is 5.73 Å². The third kappa shape index (κ3) is 2.73. The zero-order chi connectivity index (χ0) is 14.3. The molecule has 0 saturated carbocycles. The molecule has 0 atom stereocenters. The normalized spacial score (nSPS) is 18.1. The lowest BCUT2D eigenvalue weighted by Crippen LogP contribution is -2.68. The highest BCUT2D eigenvalue weighted by Crippen LogP contribution is 2.30. The van der Waals surface area contributed by atoms with Crippen molar-refractivity contribution in [2.75, 3.05) is 13.1 Å². The SMILES string of the molecule is CCC1(N)CN(C(=O)c2cccc(C(F)(F)F)c2)C1. The Balaban J connectivity index is 2.13. The van der Waals surface area contributed by atoms with Crippen LogP contribution in [0.5, 0.6) is 0 Å². The number of nitrogens with zero attached hydrogens (tertiary/aromatic N) is 1. The molecule has 1 aliphatic rings. The van der Waals surface area contributed by atoms with E-state index in [4.69, 9.17) is 5.73 Å². The molecule has 0 bridgehead atoms. The summed E-state index contributed by atoms with van der Waals surface area (Å²) in [6, 6.07) is 4.46. The first-order valence-corrected chi connectivity index (χ1v) is 6.00. The number of carbonyl (C=O) groups is 1. The minimum atomic E-state index is -4.44. The third-order valence-corrected chi connectivity index (χ3v) is 3.44. The molecule has 1 aromatic carbocycles. The Morgan fingerprint density at radius 2 is 2.05 bits per heavy atom. The quantitative estimate of drug-likeness (QED) is 0.897. The monoisotopic (exact) mass is 272 g/mol. The molecule has 6 heteroatoms. The van der Waals surface area contributed by atoms with E-state index in [9.17, 15) is 18.0 Å². The summed E-state index contributed by atoms with van der Waals surface area (Å²) >= 11 is 0. The molecule has 0 spiro atoms. The van der Waals surface area contributed by atoms with Crippen LogP contribution in [-0.4, -0.2) is 29.4 Å². The van der Waals surface area contributed by atoms with Crippen molar-refractivity contribution >= 4 is 5.91 Å². The second-order valence-electron chi connectivity index (χ2n) is 4.96. The maximum Gasteiger partial charge on any atom is 0.416 e. The Kier molecular flexibility index (Phi) is 3.30. The zero-order valence-corrected chi connectivity index (χ0v) is 10.5. The number of amides is 1. The lowest BCUT2D eigenvalue weighted by molar-refractivity contribution is -0.137. The van der Waals surface area contributed by atoms with Crippen LogP contribution in [0.4, 0.5) is 13.2 Å². The van der Waals surface area contributed by atoms with Crippen molar-refractivity contribution in [3.8, 4) is 0 Å². The van der Waals surface area contributed by atoms with Gasteiger partial charge in [-0.2, -0.15) is 13.2 Å². The molecule has 0 unspecified atom stereocenters. The summed E-state index contributed by atoms with van der Waals surface area (Å²) in [5.41, 5.74) is 4.78. The van der Waals surface area contributed by atoms with Crippen molar-refractivity contribution in [1.82, 2.24) is 4.90 Å². The van der Waals surface area contributed by atoms with Crippen molar-refractivity contribution in [2.45, 2.75) is 25.1 Å². The first-order chi connectivity index (χ1) is 8.75. The first-order valence-electron chi connectivity index (χ1n) is 6.00. The van der Waals surface area contributed by atoms with Gasteiger partial charge >= 0.3 is 6.18 Å². The molecule has 2 rings (SSSR count). The van der Waals surface area contributed by atoms with Crippen LogP contribution in [0, 0.1) is 0 Å². The predicted molar refractivity (Wildman–Crippen MR) is 64.6 cm³/mol. The average molecular weight is 272 g/mol. The number of alkyl halides is 3. The fraction of sp³-hybridized carbons (Fsp3) is 0.462. The maximum absolute atomic E-state index is 12.6. The summed E-state index contributed by atoms with van der Waals surface area (Å²) in [6.07, 6.45) is -3.70. The van der Waals surface area contributed by atoms with E-state index in [0.29, 0.717) is 13.1 Å². The Morgan fingerprint density at radius 1 is 1.42 bits per heavy atom. The summed E-state index contributed by atoms with van der Waals surface area (Å²) in [4.78, 5) is 13.5. The fourth-order valence-corrected chi connectivity index (χ4v) is 2.09. The second-order valence-corrected chi connectivity index (χ2v) is 4.96. The van der Waals surface area contributed by atoms with Gasteiger partial charge in [0.15, 0.2) is 0 Å². The Labute approximate surface area is 109 Å². The molecule has 19 heavy (non-hydrogen) atoms. The van der Waals surface area contributed by atoms with Crippen molar-refractivity contribution in [2.24, 2.45) is 5.73 Å². The molecule has 3 nitrogen and oxygen atoms in total. The summed E-state index contributed by atoms with van der Waals surface area (Å²) in [5, 5.41) is 0. The average Bonchev–Trinajstić information content (AvgIpc) is 2.33. The van der Waals surface area contributed by atoms with Crippen LogP contribution in [0.3, 0.4) is 0 Å².